The van der Waals surface area contributed by atoms with Crippen molar-refractivity contribution < 1.29 is 4.79 Å². The van der Waals surface area contributed by atoms with Crippen LogP contribution in [0.5, 0.6) is 0 Å². The summed E-state index contributed by atoms with van der Waals surface area (Å²) < 4.78 is 0. The van der Waals surface area contributed by atoms with Crippen molar-refractivity contribution in [2.75, 3.05) is 13.6 Å². The maximum Gasteiger partial charge on any atom is 0.253 e. The molecule has 0 aliphatic rings. The molecule has 1 rings (SSSR count). The minimum absolute atomic E-state index is 0.00571. The average Bonchev–Trinajstić information content (AvgIpc) is 2.38. The van der Waals surface area contributed by atoms with Gasteiger partial charge in [-0.3, -0.25) is 9.78 Å². The van der Waals surface area contributed by atoms with Gasteiger partial charge in [-0.25, -0.2) is 0 Å². The molecule has 17 heavy (non-hydrogen) atoms. The van der Waals surface area contributed by atoms with Gasteiger partial charge in [0.25, 0.3) is 5.91 Å². The lowest BCUT2D eigenvalue weighted by Crippen LogP contribution is -2.27. The van der Waals surface area contributed by atoms with Gasteiger partial charge < -0.3 is 10.6 Å². The van der Waals surface area contributed by atoms with Crippen LogP contribution in [-0.2, 0) is 6.54 Å². The molecular weight excluding hydrogens is 214 g/mol. The first kappa shape index (κ1) is 13.4. The van der Waals surface area contributed by atoms with Gasteiger partial charge in [0.15, 0.2) is 0 Å². The molecule has 0 spiro atoms. The SMILES string of the molecule is C=CCCCN(C)C(=O)c1ccnc(CN)c1. The molecular formula is C13H19N3O. The Bertz CT molecular complexity index is 390. The second-order valence-electron chi connectivity index (χ2n) is 3.90. The Morgan fingerprint density at radius 2 is 2.41 bits per heavy atom. The summed E-state index contributed by atoms with van der Waals surface area (Å²) in [7, 11) is 1.80. The van der Waals surface area contributed by atoms with Crippen molar-refractivity contribution in [3.63, 3.8) is 0 Å². The fourth-order valence-corrected chi connectivity index (χ4v) is 1.52. The lowest BCUT2D eigenvalue weighted by Gasteiger charge is -2.16. The third-order valence-corrected chi connectivity index (χ3v) is 2.52. The first-order chi connectivity index (χ1) is 8.19. The summed E-state index contributed by atoms with van der Waals surface area (Å²) in [5, 5.41) is 0. The highest BCUT2D eigenvalue weighted by atomic mass is 16.2. The van der Waals surface area contributed by atoms with Crippen molar-refractivity contribution in [1.82, 2.24) is 9.88 Å². The normalized spacial score (nSPS) is 10.0. The van der Waals surface area contributed by atoms with Crippen LogP contribution in [0.4, 0.5) is 0 Å². The topological polar surface area (TPSA) is 59.2 Å². The van der Waals surface area contributed by atoms with Gasteiger partial charge in [0.05, 0.1) is 5.69 Å². The van der Waals surface area contributed by atoms with E-state index in [1.807, 2.05) is 6.08 Å². The fourth-order valence-electron chi connectivity index (χ4n) is 1.52. The van der Waals surface area contributed by atoms with Crippen molar-refractivity contribution in [2.45, 2.75) is 19.4 Å². The molecule has 0 fully saturated rings. The maximum absolute atomic E-state index is 12.0. The predicted molar refractivity (Wildman–Crippen MR) is 68.5 cm³/mol. The van der Waals surface area contributed by atoms with Crippen LogP contribution in [0.1, 0.15) is 28.9 Å². The van der Waals surface area contributed by atoms with Crippen LogP contribution in [0, 0.1) is 0 Å². The summed E-state index contributed by atoms with van der Waals surface area (Å²) in [6.07, 6.45) is 5.33. The fraction of sp³-hybridized carbons (Fsp3) is 0.385. The predicted octanol–water partition coefficient (Wildman–Crippen LogP) is 1.58. The Morgan fingerprint density at radius 1 is 1.65 bits per heavy atom. The number of allylic oxidation sites excluding steroid dienone is 1. The largest absolute Gasteiger partial charge is 0.342 e. The number of carbonyl (C=O) groups excluding carboxylic acids is 1. The molecule has 4 heteroatoms. The van der Waals surface area contributed by atoms with E-state index in [1.54, 1.807) is 30.3 Å². The van der Waals surface area contributed by atoms with Crippen molar-refractivity contribution >= 4 is 5.91 Å². The molecule has 0 bridgehead atoms. The summed E-state index contributed by atoms with van der Waals surface area (Å²) in [4.78, 5) is 17.8. The smallest absolute Gasteiger partial charge is 0.253 e. The molecule has 0 aliphatic carbocycles. The number of pyridine rings is 1. The summed E-state index contributed by atoms with van der Waals surface area (Å²) in [5.74, 6) is 0.00571. The molecule has 0 saturated carbocycles. The monoisotopic (exact) mass is 233 g/mol. The third-order valence-electron chi connectivity index (χ3n) is 2.52. The van der Waals surface area contributed by atoms with E-state index in [2.05, 4.69) is 11.6 Å². The molecule has 0 saturated heterocycles. The second kappa shape index (κ2) is 6.81. The van der Waals surface area contributed by atoms with Crippen LogP contribution in [0.2, 0.25) is 0 Å². The molecule has 1 amide bonds. The van der Waals surface area contributed by atoms with E-state index in [9.17, 15) is 4.79 Å². The molecule has 1 heterocycles. The summed E-state index contributed by atoms with van der Waals surface area (Å²) in [5.41, 5.74) is 6.87. The van der Waals surface area contributed by atoms with E-state index in [-0.39, 0.29) is 5.91 Å². The highest BCUT2D eigenvalue weighted by Crippen LogP contribution is 2.06. The summed E-state index contributed by atoms with van der Waals surface area (Å²) >= 11 is 0. The molecule has 1 aromatic rings. The van der Waals surface area contributed by atoms with Crippen LogP contribution in [-0.4, -0.2) is 29.4 Å². The second-order valence-corrected chi connectivity index (χ2v) is 3.90. The lowest BCUT2D eigenvalue weighted by atomic mass is 10.2. The summed E-state index contributed by atoms with van der Waals surface area (Å²) in [6.45, 7) is 4.73. The van der Waals surface area contributed by atoms with Crippen molar-refractivity contribution in [3.8, 4) is 0 Å². The number of carbonyl (C=O) groups is 1. The first-order valence-corrected chi connectivity index (χ1v) is 5.70. The molecule has 92 valence electrons. The standard InChI is InChI=1S/C13H19N3O/c1-3-4-5-8-16(2)13(17)11-6-7-15-12(9-11)10-14/h3,6-7,9H,1,4-5,8,10,14H2,2H3. The highest BCUT2D eigenvalue weighted by Gasteiger charge is 2.11. The van der Waals surface area contributed by atoms with Gasteiger partial charge >= 0.3 is 0 Å². The van der Waals surface area contributed by atoms with E-state index in [4.69, 9.17) is 5.73 Å². The zero-order valence-corrected chi connectivity index (χ0v) is 10.2. The van der Waals surface area contributed by atoms with E-state index >= 15 is 0 Å². The first-order valence-electron chi connectivity index (χ1n) is 5.70. The maximum atomic E-state index is 12.0. The quantitative estimate of drug-likeness (QED) is 0.599. The number of nitrogens with zero attached hydrogens (tertiary/aromatic N) is 2. The van der Waals surface area contributed by atoms with Gasteiger partial charge in [0, 0.05) is 31.9 Å². The Hall–Kier alpha value is -1.68. The van der Waals surface area contributed by atoms with Crippen LogP contribution in [0.15, 0.2) is 31.0 Å². The van der Waals surface area contributed by atoms with Crippen LogP contribution in [0.25, 0.3) is 0 Å². The number of nitrogens with two attached hydrogens (primary N) is 1. The minimum Gasteiger partial charge on any atom is -0.342 e. The summed E-state index contributed by atoms with van der Waals surface area (Å²) in [6, 6.07) is 3.46. The molecule has 0 aliphatic heterocycles. The molecule has 2 N–H and O–H groups in total. The van der Waals surface area contributed by atoms with Crippen LogP contribution in [0.3, 0.4) is 0 Å². The Balaban J connectivity index is 2.64. The Labute approximate surface area is 102 Å². The average molecular weight is 233 g/mol. The lowest BCUT2D eigenvalue weighted by molar-refractivity contribution is 0.0793. The van der Waals surface area contributed by atoms with Gasteiger partial charge in [-0.2, -0.15) is 0 Å². The van der Waals surface area contributed by atoms with E-state index in [1.165, 1.54) is 0 Å². The van der Waals surface area contributed by atoms with E-state index < -0.39 is 0 Å². The number of hydrogen-bond donors (Lipinski definition) is 1. The molecule has 0 unspecified atom stereocenters. The van der Waals surface area contributed by atoms with Crippen molar-refractivity contribution in [3.05, 3.63) is 42.2 Å². The minimum atomic E-state index is 0.00571. The van der Waals surface area contributed by atoms with E-state index in [0.717, 1.165) is 25.1 Å². The van der Waals surface area contributed by atoms with Crippen LogP contribution < -0.4 is 5.73 Å². The van der Waals surface area contributed by atoms with Gasteiger partial charge in [0.1, 0.15) is 0 Å². The van der Waals surface area contributed by atoms with Gasteiger partial charge in [-0.1, -0.05) is 6.08 Å². The zero-order valence-electron chi connectivity index (χ0n) is 10.2. The van der Waals surface area contributed by atoms with Crippen LogP contribution >= 0.6 is 0 Å². The zero-order chi connectivity index (χ0) is 12.7. The number of aromatic nitrogens is 1. The number of rotatable bonds is 6. The molecule has 0 atom stereocenters. The number of amides is 1. The van der Waals surface area contributed by atoms with Crippen molar-refractivity contribution in [1.29, 1.82) is 0 Å². The Morgan fingerprint density at radius 3 is 3.06 bits per heavy atom. The third kappa shape index (κ3) is 4.00. The van der Waals surface area contributed by atoms with Gasteiger partial charge in [-0.15, -0.1) is 6.58 Å². The molecule has 1 aromatic heterocycles. The number of unbranched alkanes of at least 4 members (excludes halogenated alkanes) is 1. The highest BCUT2D eigenvalue weighted by molar-refractivity contribution is 5.94. The molecule has 4 nitrogen and oxygen atoms in total. The van der Waals surface area contributed by atoms with Crippen molar-refractivity contribution in [2.24, 2.45) is 5.73 Å². The van der Waals surface area contributed by atoms with Gasteiger partial charge in [-0.05, 0) is 25.0 Å². The molecule has 0 radical (unpaired) electrons. The van der Waals surface area contributed by atoms with Gasteiger partial charge in [0.2, 0.25) is 0 Å². The number of hydrogen-bond acceptors (Lipinski definition) is 3. The van der Waals surface area contributed by atoms with E-state index in [0.29, 0.717) is 12.1 Å². The molecule has 0 aromatic carbocycles. The Kier molecular flexibility index (Phi) is 5.36.